The minimum atomic E-state index is -0.654. The normalized spacial score (nSPS) is 16.4. The molecule has 0 radical (unpaired) electrons. The summed E-state index contributed by atoms with van der Waals surface area (Å²) in [6, 6.07) is 12.2. The number of rotatable bonds is 10. The number of hydrogen-bond acceptors (Lipinski definition) is 5. The monoisotopic (exact) mass is 580 g/mol. The fourth-order valence-electron chi connectivity index (χ4n) is 6.03. The summed E-state index contributed by atoms with van der Waals surface area (Å²) in [4.78, 5) is 28.3. The first-order chi connectivity index (χ1) is 20.0. The molecular formula is C33H45FN4O4. The number of anilines is 1. The Morgan fingerprint density at radius 1 is 1.17 bits per heavy atom. The van der Waals surface area contributed by atoms with E-state index in [1.54, 1.807) is 13.2 Å². The highest BCUT2D eigenvalue weighted by Crippen LogP contribution is 2.37. The molecule has 1 aliphatic rings. The topological polar surface area (TPSA) is 98.8 Å². The number of alkyl carbamates (subject to hydrolysis) is 1. The minimum absolute atomic E-state index is 0.0259. The van der Waals surface area contributed by atoms with Crippen molar-refractivity contribution in [2.75, 3.05) is 32.5 Å². The zero-order valence-electron chi connectivity index (χ0n) is 25.5. The molecule has 2 aromatic carbocycles. The summed E-state index contributed by atoms with van der Waals surface area (Å²) in [5.41, 5.74) is 9.60. The van der Waals surface area contributed by atoms with Crippen LogP contribution in [0.1, 0.15) is 69.2 Å². The van der Waals surface area contributed by atoms with E-state index in [2.05, 4.69) is 16.8 Å². The summed E-state index contributed by atoms with van der Waals surface area (Å²) in [5.74, 6) is -0.185. The van der Waals surface area contributed by atoms with Crippen LogP contribution in [0.4, 0.5) is 14.9 Å². The predicted molar refractivity (Wildman–Crippen MR) is 164 cm³/mol. The standard InChI is InChI=1S/C33H45FN4O4/c1-22-27-10-6-11-28(34)31(27)38(17-8-18-41-5)30(22)24-9-7-16-37(21-24)29(39)20-26(36-32(40)42-33(2,3)4)19-23-12-14-25(35)15-13-23/h6,10-15,24,26H,7-9,16-21,35H2,1-5H3,(H,36,40). The van der Waals surface area contributed by atoms with E-state index in [0.717, 1.165) is 41.5 Å². The van der Waals surface area contributed by atoms with Crippen molar-refractivity contribution in [2.24, 2.45) is 0 Å². The number of nitrogens with two attached hydrogens (primary N) is 1. The van der Waals surface area contributed by atoms with Crippen molar-refractivity contribution >= 4 is 28.6 Å². The van der Waals surface area contributed by atoms with Crippen LogP contribution in [-0.4, -0.2) is 59.9 Å². The maximum absolute atomic E-state index is 15.1. The maximum Gasteiger partial charge on any atom is 0.407 e. The fourth-order valence-corrected chi connectivity index (χ4v) is 6.03. The number of carbonyl (C=O) groups is 2. The highest BCUT2D eigenvalue weighted by atomic mass is 19.1. The van der Waals surface area contributed by atoms with E-state index >= 15 is 4.39 Å². The zero-order chi connectivity index (χ0) is 30.4. The molecule has 2 atom stereocenters. The Morgan fingerprint density at radius 3 is 2.60 bits per heavy atom. The third-order valence-corrected chi connectivity index (χ3v) is 7.83. The number of fused-ring (bicyclic) bond motifs is 1. The number of carbonyl (C=O) groups excluding carboxylic acids is 2. The number of nitrogens with zero attached hydrogens (tertiary/aromatic N) is 2. The van der Waals surface area contributed by atoms with E-state index in [1.165, 1.54) is 6.07 Å². The summed E-state index contributed by atoms with van der Waals surface area (Å²) in [6.45, 7) is 9.90. The van der Waals surface area contributed by atoms with Gasteiger partial charge in [0.05, 0.1) is 5.52 Å². The van der Waals surface area contributed by atoms with E-state index in [0.29, 0.717) is 43.9 Å². The second kappa shape index (κ2) is 13.6. The lowest BCUT2D eigenvalue weighted by atomic mass is 9.91. The molecule has 42 heavy (non-hydrogen) atoms. The molecule has 1 saturated heterocycles. The van der Waals surface area contributed by atoms with Crippen LogP contribution in [-0.2, 0) is 27.2 Å². The van der Waals surface area contributed by atoms with Crippen molar-refractivity contribution in [2.45, 2.75) is 83.9 Å². The number of nitrogens with one attached hydrogen (secondary N) is 1. The van der Waals surface area contributed by atoms with Crippen molar-refractivity contribution in [3.63, 3.8) is 0 Å². The second-order valence-corrected chi connectivity index (χ2v) is 12.3. The Bertz CT molecular complexity index is 1380. The van der Waals surface area contributed by atoms with E-state index in [9.17, 15) is 9.59 Å². The lowest BCUT2D eigenvalue weighted by Crippen LogP contribution is -2.46. The van der Waals surface area contributed by atoms with Crippen LogP contribution in [0, 0.1) is 12.7 Å². The number of methoxy groups -OCH3 is 1. The number of likely N-dealkylation sites (tertiary alicyclic amines) is 1. The number of piperidine rings is 1. The second-order valence-electron chi connectivity index (χ2n) is 12.3. The van der Waals surface area contributed by atoms with Crippen LogP contribution in [0.5, 0.6) is 0 Å². The largest absolute Gasteiger partial charge is 0.444 e. The van der Waals surface area contributed by atoms with Gasteiger partial charge in [-0.1, -0.05) is 24.3 Å². The Balaban J connectivity index is 1.54. The van der Waals surface area contributed by atoms with Crippen molar-refractivity contribution in [1.29, 1.82) is 0 Å². The van der Waals surface area contributed by atoms with Crippen LogP contribution < -0.4 is 11.1 Å². The fraction of sp³-hybridized carbons (Fsp3) is 0.515. The average molecular weight is 581 g/mol. The molecule has 0 saturated carbocycles. The summed E-state index contributed by atoms with van der Waals surface area (Å²) in [6.07, 6.45) is 2.58. The Labute approximate surface area is 248 Å². The summed E-state index contributed by atoms with van der Waals surface area (Å²) >= 11 is 0. The number of halogens is 1. The predicted octanol–water partition coefficient (Wildman–Crippen LogP) is 5.94. The highest BCUT2D eigenvalue weighted by Gasteiger charge is 2.31. The zero-order valence-corrected chi connectivity index (χ0v) is 25.5. The molecule has 2 amide bonds. The molecule has 1 fully saturated rings. The van der Waals surface area contributed by atoms with Gasteiger partial charge in [0.15, 0.2) is 0 Å². The first-order valence-corrected chi connectivity index (χ1v) is 14.8. The molecular weight excluding hydrogens is 535 g/mol. The van der Waals surface area contributed by atoms with E-state index in [1.807, 2.05) is 56.0 Å². The van der Waals surface area contributed by atoms with Gasteiger partial charge in [-0.15, -0.1) is 0 Å². The Kier molecular flexibility index (Phi) is 10.1. The third-order valence-electron chi connectivity index (χ3n) is 7.83. The molecule has 1 aromatic heterocycles. The molecule has 9 heteroatoms. The van der Waals surface area contributed by atoms with Gasteiger partial charge >= 0.3 is 6.09 Å². The number of amides is 2. The van der Waals surface area contributed by atoms with Crippen molar-refractivity contribution in [1.82, 2.24) is 14.8 Å². The van der Waals surface area contributed by atoms with Crippen molar-refractivity contribution in [3.8, 4) is 0 Å². The lowest BCUT2D eigenvalue weighted by Gasteiger charge is -2.35. The van der Waals surface area contributed by atoms with Gasteiger partial charge in [-0.3, -0.25) is 4.79 Å². The molecule has 3 aromatic rings. The van der Waals surface area contributed by atoms with Gasteiger partial charge in [0.1, 0.15) is 11.4 Å². The molecule has 8 nitrogen and oxygen atoms in total. The maximum atomic E-state index is 15.1. The number of para-hydroxylation sites is 1. The SMILES string of the molecule is COCCCn1c(C2CCCN(C(=O)CC(Cc3ccc(N)cc3)NC(=O)OC(C)(C)C)C2)c(C)c2cccc(F)c21. The molecule has 4 rings (SSSR count). The summed E-state index contributed by atoms with van der Waals surface area (Å²) in [5, 5.41) is 3.84. The molecule has 228 valence electrons. The smallest absolute Gasteiger partial charge is 0.407 e. The minimum Gasteiger partial charge on any atom is -0.444 e. The Hall–Kier alpha value is -3.59. The van der Waals surface area contributed by atoms with Gasteiger partial charge in [0, 0.05) is 68.5 Å². The van der Waals surface area contributed by atoms with Gasteiger partial charge in [-0.2, -0.15) is 0 Å². The number of ether oxygens (including phenoxy) is 2. The van der Waals surface area contributed by atoms with Crippen LogP contribution >= 0.6 is 0 Å². The first-order valence-electron chi connectivity index (χ1n) is 14.8. The lowest BCUT2D eigenvalue weighted by molar-refractivity contribution is -0.132. The van der Waals surface area contributed by atoms with Gasteiger partial charge in [0.2, 0.25) is 5.91 Å². The third kappa shape index (κ3) is 7.82. The number of nitrogen functional groups attached to an aromatic ring is 1. The van der Waals surface area contributed by atoms with E-state index in [-0.39, 0.29) is 24.1 Å². The molecule has 1 aliphatic heterocycles. The summed E-state index contributed by atoms with van der Waals surface area (Å²) in [7, 11) is 1.67. The number of aromatic nitrogens is 1. The highest BCUT2D eigenvalue weighted by molar-refractivity contribution is 5.86. The average Bonchev–Trinajstić information content (AvgIpc) is 3.21. The molecule has 0 aliphatic carbocycles. The number of aryl methyl sites for hydroxylation is 2. The van der Waals surface area contributed by atoms with Crippen LogP contribution in [0.25, 0.3) is 10.9 Å². The quantitative estimate of drug-likeness (QED) is 0.229. The first kappa shape index (κ1) is 31.3. The molecule has 2 unspecified atom stereocenters. The van der Waals surface area contributed by atoms with E-state index in [4.69, 9.17) is 15.2 Å². The van der Waals surface area contributed by atoms with Gasteiger partial charge in [-0.05, 0) is 82.7 Å². The van der Waals surface area contributed by atoms with Gasteiger partial charge < -0.3 is 30.0 Å². The van der Waals surface area contributed by atoms with Crippen LogP contribution in [0.3, 0.4) is 0 Å². The number of benzene rings is 2. The Morgan fingerprint density at radius 2 is 1.90 bits per heavy atom. The van der Waals surface area contributed by atoms with Crippen LogP contribution in [0.15, 0.2) is 42.5 Å². The van der Waals surface area contributed by atoms with Crippen molar-refractivity contribution < 1.29 is 23.5 Å². The summed E-state index contributed by atoms with van der Waals surface area (Å²) < 4.78 is 28.0. The molecule has 0 bridgehead atoms. The van der Waals surface area contributed by atoms with Crippen molar-refractivity contribution in [3.05, 3.63) is 65.1 Å². The molecule has 2 heterocycles. The van der Waals surface area contributed by atoms with Crippen LogP contribution in [0.2, 0.25) is 0 Å². The number of hydrogen-bond donors (Lipinski definition) is 2. The molecule has 3 N–H and O–H groups in total. The molecule has 0 spiro atoms. The van der Waals surface area contributed by atoms with E-state index < -0.39 is 17.7 Å². The van der Waals surface area contributed by atoms with Gasteiger partial charge in [-0.25, -0.2) is 9.18 Å². The van der Waals surface area contributed by atoms with Gasteiger partial charge in [0.25, 0.3) is 0 Å².